The molecule has 0 aliphatic heterocycles. The van der Waals surface area contributed by atoms with Crippen LogP contribution in [0.15, 0.2) is 36.4 Å². The van der Waals surface area contributed by atoms with Gasteiger partial charge >= 0.3 is 6.18 Å². The van der Waals surface area contributed by atoms with Crippen LogP contribution in [-0.4, -0.2) is 32.0 Å². The van der Waals surface area contributed by atoms with Gasteiger partial charge in [-0.15, -0.1) is 0 Å². The molecule has 2 rings (SSSR count). The minimum absolute atomic E-state index is 0.0933. The molecular formula is C20H22F3N3O3. The monoisotopic (exact) mass is 409 g/mol. The molecule has 0 saturated carbocycles. The summed E-state index contributed by atoms with van der Waals surface area (Å²) in [6.07, 6.45) is -4.47. The zero-order valence-electron chi connectivity index (χ0n) is 16.2. The van der Waals surface area contributed by atoms with E-state index in [1.165, 1.54) is 26.2 Å². The van der Waals surface area contributed by atoms with Crippen LogP contribution >= 0.6 is 0 Å². The van der Waals surface area contributed by atoms with Crippen LogP contribution in [0.3, 0.4) is 0 Å². The van der Waals surface area contributed by atoms with E-state index < -0.39 is 23.6 Å². The van der Waals surface area contributed by atoms with Gasteiger partial charge in [-0.1, -0.05) is 12.1 Å². The first-order valence-corrected chi connectivity index (χ1v) is 8.73. The summed E-state index contributed by atoms with van der Waals surface area (Å²) < 4.78 is 44.0. The number of ether oxygens (including phenoxy) is 1. The van der Waals surface area contributed by atoms with Crippen molar-refractivity contribution in [3.8, 4) is 5.75 Å². The number of amides is 2. The molecule has 0 spiro atoms. The number of hydrogen-bond donors (Lipinski definition) is 3. The largest absolute Gasteiger partial charge is 0.495 e. The van der Waals surface area contributed by atoms with Crippen molar-refractivity contribution in [3.05, 3.63) is 53.1 Å². The van der Waals surface area contributed by atoms with Gasteiger partial charge in [-0.3, -0.25) is 9.59 Å². The first kappa shape index (κ1) is 22.1. The highest BCUT2D eigenvalue weighted by Crippen LogP contribution is 2.33. The molecule has 29 heavy (non-hydrogen) atoms. The molecule has 0 bridgehead atoms. The molecule has 0 unspecified atom stereocenters. The quantitative estimate of drug-likeness (QED) is 0.654. The van der Waals surface area contributed by atoms with E-state index in [0.29, 0.717) is 11.4 Å². The standard InChI is InChI=1S/C20H22F3N3O3/c1-12-4-7-17(29-3)16(8-12)26-19(28)11-25-18(27)10-24-14-6-5-13(2)15(9-14)20(21,22)23/h4-9,24H,10-11H2,1-3H3,(H,25,27)(H,26,28). The Hall–Kier alpha value is -3.23. The van der Waals surface area contributed by atoms with E-state index in [1.54, 1.807) is 12.1 Å². The molecule has 156 valence electrons. The summed E-state index contributed by atoms with van der Waals surface area (Å²) in [5, 5.41) is 7.66. The second kappa shape index (κ2) is 9.31. The zero-order chi connectivity index (χ0) is 21.6. The first-order valence-electron chi connectivity index (χ1n) is 8.73. The lowest BCUT2D eigenvalue weighted by Crippen LogP contribution is -2.36. The molecule has 2 aromatic carbocycles. The van der Waals surface area contributed by atoms with E-state index in [-0.39, 0.29) is 24.3 Å². The summed E-state index contributed by atoms with van der Waals surface area (Å²) in [5.41, 5.74) is 0.882. The number of aryl methyl sites for hydroxylation is 2. The van der Waals surface area contributed by atoms with Crippen molar-refractivity contribution < 1.29 is 27.5 Å². The normalized spacial score (nSPS) is 11.0. The maximum Gasteiger partial charge on any atom is 0.416 e. The van der Waals surface area contributed by atoms with Gasteiger partial charge in [0.2, 0.25) is 11.8 Å². The number of anilines is 2. The van der Waals surface area contributed by atoms with Crippen molar-refractivity contribution in [2.45, 2.75) is 20.0 Å². The molecule has 2 amide bonds. The van der Waals surface area contributed by atoms with Crippen molar-refractivity contribution in [2.24, 2.45) is 0 Å². The smallest absolute Gasteiger partial charge is 0.416 e. The van der Waals surface area contributed by atoms with Crippen molar-refractivity contribution >= 4 is 23.2 Å². The SMILES string of the molecule is COc1ccc(C)cc1NC(=O)CNC(=O)CNc1ccc(C)c(C(F)(F)F)c1. The van der Waals surface area contributed by atoms with E-state index in [4.69, 9.17) is 4.74 Å². The summed E-state index contributed by atoms with van der Waals surface area (Å²) in [4.78, 5) is 23.9. The lowest BCUT2D eigenvalue weighted by molar-refractivity contribution is -0.138. The van der Waals surface area contributed by atoms with Crippen LogP contribution in [0.25, 0.3) is 0 Å². The van der Waals surface area contributed by atoms with Gasteiger partial charge in [0.25, 0.3) is 0 Å². The number of carbonyl (C=O) groups is 2. The van der Waals surface area contributed by atoms with Crippen LogP contribution in [0.4, 0.5) is 24.5 Å². The highest BCUT2D eigenvalue weighted by molar-refractivity contribution is 5.96. The Morgan fingerprint density at radius 3 is 2.38 bits per heavy atom. The predicted octanol–water partition coefficient (Wildman–Crippen LogP) is 3.50. The third-order valence-electron chi connectivity index (χ3n) is 4.07. The highest BCUT2D eigenvalue weighted by atomic mass is 19.4. The number of hydrogen-bond acceptors (Lipinski definition) is 4. The second-order valence-electron chi connectivity index (χ2n) is 6.41. The summed E-state index contributed by atoms with van der Waals surface area (Å²) in [6.45, 7) is 2.65. The average Bonchev–Trinajstić information content (AvgIpc) is 2.65. The average molecular weight is 409 g/mol. The van der Waals surface area contributed by atoms with Gasteiger partial charge in [0.15, 0.2) is 0 Å². The fourth-order valence-corrected chi connectivity index (χ4v) is 2.57. The van der Waals surface area contributed by atoms with Gasteiger partial charge in [-0.05, 0) is 49.2 Å². The van der Waals surface area contributed by atoms with Crippen molar-refractivity contribution in [3.63, 3.8) is 0 Å². The van der Waals surface area contributed by atoms with Crippen LogP contribution in [-0.2, 0) is 15.8 Å². The van der Waals surface area contributed by atoms with Crippen LogP contribution in [0.2, 0.25) is 0 Å². The molecule has 9 heteroatoms. The Labute approximate surface area is 166 Å². The van der Waals surface area contributed by atoms with E-state index in [1.807, 2.05) is 13.0 Å². The van der Waals surface area contributed by atoms with Gasteiger partial charge in [0.05, 0.1) is 31.5 Å². The number of halogens is 3. The zero-order valence-corrected chi connectivity index (χ0v) is 16.2. The Balaban J connectivity index is 1.86. The van der Waals surface area contributed by atoms with Gasteiger partial charge in [-0.25, -0.2) is 0 Å². The number of carbonyl (C=O) groups excluding carboxylic acids is 2. The molecule has 0 aliphatic rings. The maximum atomic E-state index is 12.9. The minimum atomic E-state index is -4.47. The Morgan fingerprint density at radius 2 is 1.72 bits per heavy atom. The van der Waals surface area contributed by atoms with Gasteiger partial charge in [0.1, 0.15) is 5.75 Å². The summed E-state index contributed by atoms with van der Waals surface area (Å²) >= 11 is 0. The number of nitrogens with one attached hydrogen (secondary N) is 3. The highest BCUT2D eigenvalue weighted by Gasteiger charge is 2.32. The van der Waals surface area contributed by atoms with E-state index in [0.717, 1.165) is 11.6 Å². The second-order valence-corrected chi connectivity index (χ2v) is 6.41. The summed E-state index contributed by atoms with van der Waals surface area (Å²) in [6, 6.07) is 9.00. The maximum absolute atomic E-state index is 12.9. The van der Waals surface area contributed by atoms with E-state index >= 15 is 0 Å². The molecule has 2 aromatic rings. The van der Waals surface area contributed by atoms with Gasteiger partial charge in [0, 0.05) is 5.69 Å². The van der Waals surface area contributed by atoms with Gasteiger partial charge in [-0.2, -0.15) is 13.2 Å². The molecule has 0 atom stereocenters. The van der Waals surface area contributed by atoms with Crippen molar-refractivity contribution in [2.75, 3.05) is 30.8 Å². The number of benzene rings is 2. The Bertz CT molecular complexity index is 898. The van der Waals surface area contributed by atoms with Crippen molar-refractivity contribution in [1.82, 2.24) is 5.32 Å². The molecule has 3 N–H and O–H groups in total. The van der Waals surface area contributed by atoms with E-state index in [2.05, 4.69) is 16.0 Å². The number of alkyl halides is 3. The third-order valence-corrected chi connectivity index (χ3v) is 4.07. The predicted molar refractivity (Wildman–Crippen MR) is 104 cm³/mol. The number of rotatable bonds is 7. The molecule has 0 aromatic heterocycles. The molecule has 0 radical (unpaired) electrons. The van der Waals surface area contributed by atoms with Crippen molar-refractivity contribution in [1.29, 1.82) is 0 Å². The van der Waals surface area contributed by atoms with E-state index in [9.17, 15) is 22.8 Å². The molecule has 0 aliphatic carbocycles. The lowest BCUT2D eigenvalue weighted by atomic mass is 10.1. The lowest BCUT2D eigenvalue weighted by Gasteiger charge is -2.14. The van der Waals surface area contributed by atoms with Gasteiger partial charge < -0.3 is 20.7 Å². The minimum Gasteiger partial charge on any atom is -0.495 e. The van der Waals surface area contributed by atoms with Crippen LogP contribution < -0.4 is 20.7 Å². The fourth-order valence-electron chi connectivity index (χ4n) is 2.57. The van der Waals surface area contributed by atoms with Crippen LogP contribution in [0.1, 0.15) is 16.7 Å². The molecule has 6 nitrogen and oxygen atoms in total. The summed E-state index contributed by atoms with van der Waals surface area (Å²) in [7, 11) is 1.48. The number of methoxy groups -OCH3 is 1. The Kier molecular flexibility index (Phi) is 7.08. The summed E-state index contributed by atoms with van der Waals surface area (Å²) in [5.74, 6) is -0.515. The third kappa shape index (κ3) is 6.41. The Morgan fingerprint density at radius 1 is 1.00 bits per heavy atom. The topological polar surface area (TPSA) is 79.5 Å². The molecule has 0 saturated heterocycles. The van der Waals surface area contributed by atoms with Crippen LogP contribution in [0.5, 0.6) is 5.75 Å². The molecule has 0 fully saturated rings. The first-order chi connectivity index (χ1) is 13.6. The van der Waals surface area contributed by atoms with Crippen LogP contribution in [0, 0.1) is 13.8 Å². The fraction of sp³-hybridized carbons (Fsp3) is 0.300. The molecule has 0 heterocycles. The molecular weight excluding hydrogens is 387 g/mol.